The zero-order valence-corrected chi connectivity index (χ0v) is 23.8. The van der Waals surface area contributed by atoms with Crippen molar-refractivity contribution in [3.8, 4) is 16.9 Å². The largest absolute Gasteiger partial charge is 0.432 e. The minimum atomic E-state index is -3.42. The molecule has 2 fully saturated rings. The summed E-state index contributed by atoms with van der Waals surface area (Å²) in [4.78, 5) is 0. The van der Waals surface area contributed by atoms with Crippen molar-refractivity contribution in [2.45, 2.75) is 76.6 Å². The quantitative estimate of drug-likeness (QED) is 0.174. The molecule has 0 unspecified atom stereocenters. The fourth-order valence-corrected chi connectivity index (χ4v) is 6.01. The third kappa shape index (κ3) is 7.32. The van der Waals surface area contributed by atoms with E-state index < -0.39 is 35.8 Å². The Morgan fingerprint density at radius 3 is 2.17 bits per heavy atom. The first-order valence-electron chi connectivity index (χ1n) is 14.9. The number of ether oxygens (including phenoxy) is 3. The standard InChI is InChI=1S/C34H37F5O3/c1-2-3-4-5-22-20-40-33(41-21-22)25-9-17-30(32(37)19-25)24-8-16-29(31(36)18-24)23-6-10-26(11-7-23)34(38,39)42-28-14-12-27(35)13-15-28/h8-9,12-19,22-23,26,33H,2-7,10-11,20-21H2,1H3. The molecule has 0 spiro atoms. The highest BCUT2D eigenvalue weighted by atomic mass is 19.3. The van der Waals surface area contributed by atoms with E-state index >= 15 is 8.78 Å². The maximum Gasteiger partial charge on any atom is 0.400 e. The molecule has 3 aromatic rings. The van der Waals surface area contributed by atoms with Gasteiger partial charge in [-0.25, -0.2) is 13.2 Å². The lowest BCUT2D eigenvalue weighted by molar-refractivity contribution is -0.222. The minimum Gasteiger partial charge on any atom is -0.432 e. The minimum absolute atomic E-state index is 0.101. The zero-order chi connectivity index (χ0) is 29.7. The molecule has 0 atom stereocenters. The number of unbranched alkanes of at least 4 members (excludes halogenated alkanes) is 2. The summed E-state index contributed by atoms with van der Waals surface area (Å²) in [6, 6.07) is 13.8. The number of hydrogen-bond donors (Lipinski definition) is 0. The maximum absolute atomic E-state index is 15.3. The topological polar surface area (TPSA) is 27.7 Å². The SMILES string of the molecule is CCCCCC1COC(c2ccc(-c3ccc(C4CCC(C(F)(F)Oc5ccc(F)cc5)CC4)c(F)c3)c(F)c2)OC1. The summed E-state index contributed by atoms with van der Waals surface area (Å²) in [6.07, 6.45) is 1.54. The van der Waals surface area contributed by atoms with Crippen molar-refractivity contribution in [1.82, 2.24) is 0 Å². The van der Waals surface area contributed by atoms with Crippen molar-refractivity contribution in [3.63, 3.8) is 0 Å². The lowest BCUT2D eigenvalue weighted by Crippen LogP contribution is -2.37. The van der Waals surface area contributed by atoms with Gasteiger partial charge in [0.05, 0.1) is 19.1 Å². The number of halogens is 5. The van der Waals surface area contributed by atoms with E-state index in [9.17, 15) is 13.2 Å². The smallest absolute Gasteiger partial charge is 0.400 e. The highest BCUT2D eigenvalue weighted by Gasteiger charge is 2.44. The van der Waals surface area contributed by atoms with E-state index in [-0.39, 0.29) is 30.1 Å². The van der Waals surface area contributed by atoms with Crippen LogP contribution in [-0.2, 0) is 9.47 Å². The zero-order valence-electron chi connectivity index (χ0n) is 23.8. The molecule has 8 heteroatoms. The average molecular weight is 589 g/mol. The van der Waals surface area contributed by atoms with Gasteiger partial charge in [-0.1, -0.05) is 50.5 Å². The van der Waals surface area contributed by atoms with Crippen LogP contribution in [-0.4, -0.2) is 19.3 Å². The third-order valence-electron chi connectivity index (χ3n) is 8.47. The maximum atomic E-state index is 15.3. The van der Waals surface area contributed by atoms with Crippen LogP contribution in [0.1, 0.15) is 81.6 Å². The third-order valence-corrected chi connectivity index (χ3v) is 8.47. The van der Waals surface area contributed by atoms with Crippen molar-refractivity contribution < 1.29 is 36.2 Å². The Morgan fingerprint density at radius 2 is 1.52 bits per heavy atom. The number of benzene rings is 3. The van der Waals surface area contributed by atoms with Gasteiger partial charge < -0.3 is 14.2 Å². The van der Waals surface area contributed by atoms with Gasteiger partial charge in [0.15, 0.2) is 6.29 Å². The Hall–Kier alpha value is -2.97. The van der Waals surface area contributed by atoms with Crippen molar-refractivity contribution >= 4 is 0 Å². The van der Waals surface area contributed by atoms with Crippen LogP contribution in [0, 0.1) is 29.3 Å². The van der Waals surface area contributed by atoms with Crippen LogP contribution in [0.2, 0.25) is 0 Å². The molecule has 2 aliphatic rings. The number of alkyl halides is 2. The van der Waals surface area contributed by atoms with E-state index in [2.05, 4.69) is 6.92 Å². The second-order valence-corrected chi connectivity index (χ2v) is 11.5. The van der Waals surface area contributed by atoms with E-state index in [1.54, 1.807) is 24.3 Å². The van der Waals surface area contributed by atoms with Gasteiger partial charge in [-0.3, -0.25) is 0 Å². The molecular weight excluding hydrogens is 551 g/mol. The summed E-state index contributed by atoms with van der Waals surface area (Å²) < 4.78 is 89.6. The van der Waals surface area contributed by atoms with Gasteiger partial charge >= 0.3 is 6.11 Å². The van der Waals surface area contributed by atoms with Gasteiger partial charge in [-0.05, 0) is 85.5 Å². The lowest BCUT2D eigenvalue weighted by Gasteiger charge is -2.33. The monoisotopic (exact) mass is 588 g/mol. The van der Waals surface area contributed by atoms with Crippen LogP contribution < -0.4 is 4.74 Å². The lowest BCUT2D eigenvalue weighted by atomic mass is 9.77. The fourth-order valence-electron chi connectivity index (χ4n) is 6.01. The summed E-state index contributed by atoms with van der Waals surface area (Å²) in [7, 11) is 0. The molecular formula is C34H37F5O3. The van der Waals surface area contributed by atoms with E-state index in [1.165, 1.54) is 30.7 Å². The van der Waals surface area contributed by atoms with Crippen molar-refractivity contribution in [2.75, 3.05) is 13.2 Å². The Kier molecular flexibility index (Phi) is 9.84. The molecule has 0 bridgehead atoms. The second-order valence-electron chi connectivity index (χ2n) is 11.5. The molecule has 0 radical (unpaired) electrons. The number of hydrogen-bond acceptors (Lipinski definition) is 3. The van der Waals surface area contributed by atoms with E-state index in [1.807, 2.05) is 0 Å². The fraction of sp³-hybridized carbons (Fsp3) is 0.471. The molecule has 5 rings (SSSR count). The van der Waals surface area contributed by atoms with Crippen LogP contribution in [0.3, 0.4) is 0 Å². The van der Waals surface area contributed by atoms with Crippen molar-refractivity contribution in [2.24, 2.45) is 11.8 Å². The molecule has 1 aliphatic heterocycles. The van der Waals surface area contributed by atoms with Crippen molar-refractivity contribution in [3.05, 3.63) is 89.2 Å². The van der Waals surface area contributed by atoms with Crippen LogP contribution in [0.25, 0.3) is 11.1 Å². The molecule has 1 saturated heterocycles. The molecule has 3 aromatic carbocycles. The van der Waals surface area contributed by atoms with Gasteiger partial charge in [0.2, 0.25) is 0 Å². The summed E-state index contributed by atoms with van der Waals surface area (Å²) >= 11 is 0. The molecule has 226 valence electrons. The van der Waals surface area contributed by atoms with Gasteiger partial charge in [0, 0.05) is 17.0 Å². The van der Waals surface area contributed by atoms with Crippen LogP contribution in [0.5, 0.6) is 5.75 Å². The van der Waals surface area contributed by atoms with E-state index in [0.29, 0.717) is 48.7 Å². The van der Waals surface area contributed by atoms with Crippen LogP contribution in [0.15, 0.2) is 60.7 Å². The molecule has 0 amide bonds. The highest BCUT2D eigenvalue weighted by molar-refractivity contribution is 5.65. The molecule has 0 aromatic heterocycles. The number of rotatable bonds is 10. The first-order chi connectivity index (χ1) is 20.2. The molecule has 1 heterocycles. The normalized spacial score (nSPS) is 23.1. The second kappa shape index (κ2) is 13.6. The van der Waals surface area contributed by atoms with Crippen LogP contribution >= 0.6 is 0 Å². The highest BCUT2D eigenvalue weighted by Crippen LogP contribution is 2.44. The first-order valence-corrected chi connectivity index (χ1v) is 14.9. The molecule has 0 N–H and O–H groups in total. The van der Waals surface area contributed by atoms with Gasteiger partial charge in [-0.2, -0.15) is 8.78 Å². The first kappa shape index (κ1) is 30.5. The summed E-state index contributed by atoms with van der Waals surface area (Å²) in [5, 5.41) is 0. The Balaban J connectivity index is 1.18. The summed E-state index contributed by atoms with van der Waals surface area (Å²) in [6.45, 7) is 3.32. The Bertz CT molecular complexity index is 1310. The molecule has 1 aliphatic carbocycles. The Labute approximate surface area is 244 Å². The summed E-state index contributed by atoms with van der Waals surface area (Å²) in [5.74, 6) is -2.53. The van der Waals surface area contributed by atoms with E-state index in [0.717, 1.165) is 31.4 Å². The average Bonchev–Trinajstić information content (AvgIpc) is 2.99. The van der Waals surface area contributed by atoms with Gasteiger partial charge in [-0.15, -0.1) is 0 Å². The summed E-state index contributed by atoms with van der Waals surface area (Å²) in [5.41, 5.74) is 1.68. The van der Waals surface area contributed by atoms with Crippen molar-refractivity contribution in [1.29, 1.82) is 0 Å². The molecule has 3 nitrogen and oxygen atoms in total. The molecule has 1 saturated carbocycles. The predicted octanol–water partition coefficient (Wildman–Crippen LogP) is 9.96. The van der Waals surface area contributed by atoms with Gasteiger partial charge in [0.1, 0.15) is 23.2 Å². The molecule has 42 heavy (non-hydrogen) atoms. The van der Waals surface area contributed by atoms with E-state index in [4.69, 9.17) is 14.2 Å². The van der Waals surface area contributed by atoms with Crippen LogP contribution in [0.4, 0.5) is 22.0 Å². The van der Waals surface area contributed by atoms with Gasteiger partial charge in [0.25, 0.3) is 0 Å². The predicted molar refractivity (Wildman–Crippen MR) is 151 cm³/mol. The Morgan fingerprint density at radius 1 is 0.810 bits per heavy atom.